The Bertz CT molecular complexity index is 452. The van der Waals surface area contributed by atoms with E-state index in [-0.39, 0.29) is 5.91 Å². The van der Waals surface area contributed by atoms with Gasteiger partial charge in [-0.15, -0.1) is 0 Å². The molecule has 0 saturated heterocycles. The molecule has 2 rings (SSSR count). The van der Waals surface area contributed by atoms with Crippen molar-refractivity contribution in [2.45, 2.75) is 31.8 Å². The molecule has 1 aliphatic carbocycles. The molecule has 1 aromatic rings. The molecule has 0 unspecified atom stereocenters. The van der Waals surface area contributed by atoms with E-state index in [0.717, 1.165) is 30.6 Å². The summed E-state index contributed by atoms with van der Waals surface area (Å²) in [5, 5.41) is 12.7. The number of aliphatic hydroxyl groups is 1. The Morgan fingerprint density at radius 2 is 2.22 bits per heavy atom. The van der Waals surface area contributed by atoms with Crippen molar-refractivity contribution in [3.63, 3.8) is 0 Å². The summed E-state index contributed by atoms with van der Waals surface area (Å²) in [6.07, 6.45) is 2.58. The molecule has 1 aliphatic rings. The second-order valence-corrected chi connectivity index (χ2v) is 4.94. The van der Waals surface area contributed by atoms with E-state index in [1.54, 1.807) is 19.2 Å². The Morgan fingerprint density at radius 3 is 2.72 bits per heavy atom. The summed E-state index contributed by atoms with van der Waals surface area (Å²) in [7, 11) is 1.60. The second-order valence-electron chi connectivity index (χ2n) is 4.94. The van der Waals surface area contributed by atoms with E-state index in [2.05, 4.69) is 5.32 Å². The van der Waals surface area contributed by atoms with Gasteiger partial charge in [-0.1, -0.05) is 0 Å². The highest BCUT2D eigenvalue weighted by atomic mass is 16.5. The van der Waals surface area contributed by atoms with E-state index in [1.165, 1.54) is 0 Å². The first-order chi connectivity index (χ1) is 8.54. The van der Waals surface area contributed by atoms with Crippen LogP contribution in [0.1, 0.15) is 35.2 Å². The fraction of sp³-hybridized carbons (Fsp3) is 0.500. The molecule has 0 radical (unpaired) electrons. The largest absolute Gasteiger partial charge is 0.497 e. The van der Waals surface area contributed by atoms with Crippen LogP contribution in [-0.2, 0) is 0 Å². The molecule has 0 aliphatic heterocycles. The molecule has 2 N–H and O–H groups in total. The average molecular weight is 249 g/mol. The maximum Gasteiger partial charge on any atom is 0.251 e. The van der Waals surface area contributed by atoms with E-state index in [1.807, 2.05) is 13.0 Å². The standard InChI is InChI=1S/C14H19NO3/c1-10-8-11(18-2)4-5-12(10)13(16)15-9-14(17)6-3-7-14/h4-5,8,17H,3,6-7,9H2,1-2H3,(H,15,16). The number of hydrogen-bond acceptors (Lipinski definition) is 3. The van der Waals surface area contributed by atoms with Crippen LogP contribution in [0, 0.1) is 6.92 Å². The number of amides is 1. The number of aryl methyl sites for hydroxylation is 1. The zero-order valence-corrected chi connectivity index (χ0v) is 10.8. The molecule has 4 nitrogen and oxygen atoms in total. The first kappa shape index (κ1) is 12.9. The van der Waals surface area contributed by atoms with Gasteiger partial charge in [-0.3, -0.25) is 4.79 Å². The minimum atomic E-state index is -0.684. The predicted molar refractivity (Wildman–Crippen MR) is 68.9 cm³/mol. The molecule has 4 heteroatoms. The Balaban J connectivity index is 2.00. The minimum absolute atomic E-state index is 0.143. The lowest BCUT2D eigenvalue weighted by molar-refractivity contribution is -0.0300. The SMILES string of the molecule is COc1ccc(C(=O)NCC2(O)CCC2)c(C)c1. The summed E-state index contributed by atoms with van der Waals surface area (Å²) in [6, 6.07) is 5.33. The normalized spacial score (nSPS) is 16.8. The van der Waals surface area contributed by atoms with Gasteiger partial charge in [-0.2, -0.15) is 0 Å². The quantitative estimate of drug-likeness (QED) is 0.853. The van der Waals surface area contributed by atoms with Gasteiger partial charge in [-0.05, 0) is 49.9 Å². The maximum absolute atomic E-state index is 12.0. The number of benzene rings is 1. The summed E-state index contributed by atoms with van der Waals surface area (Å²) in [5.41, 5.74) is 0.807. The molecule has 1 fully saturated rings. The number of ether oxygens (including phenoxy) is 1. The van der Waals surface area contributed by atoms with Crippen LogP contribution in [0.5, 0.6) is 5.75 Å². The van der Waals surface area contributed by atoms with Crippen molar-refractivity contribution in [2.24, 2.45) is 0 Å². The molecule has 1 aromatic carbocycles. The van der Waals surface area contributed by atoms with Gasteiger partial charge in [-0.25, -0.2) is 0 Å². The number of rotatable bonds is 4. The van der Waals surface area contributed by atoms with Crippen molar-refractivity contribution in [1.82, 2.24) is 5.32 Å². The van der Waals surface area contributed by atoms with E-state index in [4.69, 9.17) is 4.74 Å². The Morgan fingerprint density at radius 1 is 1.50 bits per heavy atom. The average Bonchev–Trinajstić information content (AvgIpc) is 2.33. The van der Waals surface area contributed by atoms with Gasteiger partial charge in [0.05, 0.1) is 12.7 Å². The third kappa shape index (κ3) is 2.64. The molecule has 0 heterocycles. The monoisotopic (exact) mass is 249 g/mol. The molecule has 0 atom stereocenters. The van der Waals surface area contributed by atoms with Crippen LogP contribution >= 0.6 is 0 Å². The van der Waals surface area contributed by atoms with Crippen LogP contribution in [-0.4, -0.2) is 30.3 Å². The van der Waals surface area contributed by atoms with E-state index in [9.17, 15) is 9.90 Å². The first-order valence-electron chi connectivity index (χ1n) is 6.19. The van der Waals surface area contributed by atoms with Gasteiger partial charge >= 0.3 is 0 Å². The number of methoxy groups -OCH3 is 1. The lowest BCUT2D eigenvalue weighted by Gasteiger charge is -2.36. The van der Waals surface area contributed by atoms with Crippen LogP contribution in [0.25, 0.3) is 0 Å². The topological polar surface area (TPSA) is 58.6 Å². The molecule has 0 spiro atoms. The maximum atomic E-state index is 12.0. The number of hydrogen-bond donors (Lipinski definition) is 2. The van der Waals surface area contributed by atoms with Crippen molar-refractivity contribution in [3.05, 3.63) is 29.3 Å². The van der Waals surface area contributed by atoms with Crippen LogP contribution in [0.4, 0.5) is 0 Å². The second kappa shape index (κ2) is 4.98. The smallest absolute Gasteiger partial charge is 0.251 e. The van der Waals surface area contributed by atoms with Crippen molar-refractivity contribution >= 4 is 5.91 Å². The van der Waals surface area contributed by atoms with Gasteiger partial charge in [0.15, 0.2) is 0 Å². The Hall–Kier alpha value is -1.55. The molecule has 98 valence electrons. The summed E-state index contributed by atoms with van der Waals surface area (Å²) in [6.45, 7) is 2.20. The van der Waals surface area contributed by atoms with Crippen LogP contribution in [0.3, 0.4) is 0 Å². The van der Waals surface area contributed by atoms with Crippen LogP contribution in [0.2, 0.25) is 0 Å². The van der Waals surface area contributed by atoms with Crippen LogP contribution in [0.15, 0.2) is 18.2 Å². The van der Waals surface area contributed by atoms with Crippen molar-refractivity contribution in [3.8, 4) is 5.75 Å². The number of nitrogens with one attached hydrogen (secondary N) is 1. The highest BCUT2D eigenvalue weighted by molar-refractivity contribution is 5.95. The lowest BCUT2D eigenvalue weighted by atomic mass is 9.80. The highest BCUT2D eigenvalue weighted by Crippen LogP contribution is 2.30. The summed E-state index contributed by atoms with van der Waals surface area (Å²) in [5.74, 6) is 0.595. The van der Waals surface area contributed by atoms with Gasteiger partial charge in [0.2, 0.25) is 0 Å². The van der Waals surface area contributed by atoms with E-state index < -0.39 is 5.60 Å². The van der Waals surface area contributed by atoms with Gasteiger partial charge in [0.1, 0.15) is 5.75 Å². The molecule has 1 amide bonds. The van der Waals surface area contributed by atoms with E-state index >= 15 is 0 Å². The summed E-state index contributed by atoms with van der Waals surface area (Å²) >= 11 is 0. The first-order valence-corrected chi connectivity index (χ1v) is 6.19. The highest BCUT2D eigenvalue weighted by Gasteiger charge is 2.34. The number of carbonyl (C=O) groups is 1. The molecule has 1 saturated carbocycles. The molecule has 18 heavy (non-hydrogen) atoms. The third-order valence-electron chi connectivity index (χ3n) is 3.54. The predicted octanol–water partition coefficient (Wildman–Crippen LogP) is 1.65. The van der Waals surface area contributed by atoms with Gasteiger partial charge in [0, 0.05) is 12.1 Å². The summed E-state index contributed by atoms with van der Waals surface area (Å²) in [4.78, 5) is 12.0. The van der Waals surface area contributed by atoms with E-state index in [0.29, 0.717) is 12.1 Å². The summed E-state index contributed by atoms with van der Waals surface area (Å²) < 4.78 is 5.10. The van der Waals surface area contributed by atoms with Crippen LogP contribution < -0.4 is 10.1 Å². The van der Waals surface area contributed by atoms with Crippen molar-refractivity contribution in [1.29, 1.82) is 0 Å². The zero-order valence-electron chi connectivity index (χ0n) is 10.8. The number of carbonyl (C=O) groups excluding carboxylic acids is 1. The van der Waals surface area contributed by atoms with Gasteiger partial charge in [0.25, 0.3) is 5.91 Å². The molecular weight excluding hydrogens is 230 g/mol. The molecule has 0 bridgehead atoms. The van der Waals surface area contributed by atoms with Crippen molar-refractivity contribution < 1.29 is 14.6 Å². The lowest BCUT2D eigenvalue weighted by Crippen LogP contribution is -2.47. The Kier molecular flexibility index (Phi) is 3.57. The fourth-order valence-electron chi connectivity index (χ4n) is 2.12. The zero-order chi connectivity index (χ0) is 13.2. The van der Waals surface area contributed by atoms with Crippen molar-refractivity contribution in [2.75, 3.05) is 13.7 Å². The Labute approximate surface area is 107 Å². The molecule has 0 aromatic heterocycles. The minimum Gasteiger partial charge on any atom is -0.497 e. The third-order valence-corrected chi connectivity index (χ3v) is 3.54. The molecular formula is C14H19NO3. The fourth-order valence-corrected chi connectivity index (χ4v) is 2.12. The van der Waals surface area contributed by atoms with Gasteiger partial charge < -0.3 is 15.2 Å².